The molecule has 1 aliphatic heterocycles. The van der Waals surface area contributed by atoms with E-state index in [2.05, 4.69) is 17.1 Å². The summed E-state index contributed by atoms with van der Waals surface area (Å²) in [6.45, 7) is 6.32. The first kappa shape index (κ1) is 12.9. The third-order valence-corrected chi connectivity index (χ3v) is 3.04. The van der Waals surface area contributed by atoms with E-state index < -0.39 is 0 Å². The van der Waals surface area contributed by atoms with Crippen molar-refractivity contribution in [1.29, 1.82) is 0 Å². The Morgan fingerprint density at radius 2 is 2.40 bits per heavy atom. The molecular weight excluding hydrogens is 192 g/mol. The lowest BCUT2D eigenvalue weighted by Crippen LogP contribution is -2.48. The predicted molar refractivity (Wildman–Crippen MR) is 61.0 cm³/mol. The topological polar surface area (TPSA) is 44.7 Å². The van der Waals surface area contributed by atoms with Crippen LogP contribution in [0.1, 0.15) is 19.8 Å². The van der Waals surface area contributed by atoms with Gasteiger partial charge in [0.15, 0.2) is 0 Å². The molecule has 1 saturated heterocycles. The zero-order valence-corrected chi connectivity index (χ0v) is 9.91. The van der Waals surface area contributed by atoms with Crippen LogP contribution in [0.2, 0.25) is 0 Å². The molecule has 0 bridgehead atoms. The van der Waals surface area contributed by atoms with Crippen molar-refractivity contribution < 1.29 is 9.84 Å². The monoisotopic (exact) mass is 216 g/mol. The van der Waals surface area contributed by atoms with Crippen LogP contribution in [0, 0.1) is 0 Å². The van der Waals surface area contributed by atoms with Gasteiger partial charge in [-0.15, -0.1) is 0 Å². The summed E-state index contributed by atoms with van der Waals surface area (Å²) >= 11 is 0. The van der Waals surface area contributed by atoms with Crippen LogP contribution in [0.15, 0.2) is 0 Å². The highest BCUT2D eigenvalue weighted by Crippen LogP contribution is 2.09. The molecule has 1 heterocycles. The van der Waals surface area contributed by atoms with Crippen LogP contribution in [0.4, 0.5) is 0 Å². The number of nitrogens with one attached hydrogen (secondary N) is 1. The third kappa shape index (κ3) is 4.47. The highest BCUT2D eigenvalue weighted by Gasteiger charge is 2.20. The molecule has 2 atom stereocenters. The third-order valence-electron chi connectivity index (χ3n) is 3.04. The SMILES string of the molecule is CCC1CN(CC(CCO)NC)CCO1. The number of hydrogen-bond donors (Lipinski definition) is 2. The molecule has 0 aromatic carbocycles. The normalized spacial score (nSPS) is 25.4. The molecular formula is C11H24N2O2. The molecule has 4 nitrogen and oxygen atoms in total. The molecule has 2 unspecified atom stereocenters. The highest BCUT2D eigenvalue weighted by molar-refractivity contribution is 4.75. The molecule has 0 spiro atoms. The molecule has 2 N–H and O–H groups in total. The van der Waals surface area contributed by atoms with Crippen LogP contribution >= 0.6 is 0 Å². The van der Waals surface area contributed by atoms with Crippen LogP contribution in [0.25, 0.3) is 0 Å². The maximum absolute atomic E-state index is 8.91. The fourth-order valence-corrected chi connectivity index (χ4v) is 1.99. The number of morpholine rings is 1. The summed E-state index contributed by atoms with van der Waals surface area (Å²) in [6, 6.07) is 0.394. The minimum absolute atomic E-state index is 0.257. The van der Waals surface area contributed by atoms with E-state index in [1.807, 2.05) is 7.05 Å². The van der Waals surface area contributed by atoms with Crippen molar-refractivity contribution in [2.24, 2.45) is 0 Å². The van der Waals surface area contributed by atoms with Crippen molar-refractivity contribution in [3.8, 4) is 0 Å². The second-order valence-electron chi connectivity index (χ2n) is 4.16. The Kier molecular flexibility index (Phi) is 6.17. The zero-order valence-electron chi connectivity index (χ0n) is 9.91. The summed E-state index contributed by atoms with van der Waals surface area (Å²) in [4.78, 5) is 2.43. The first-order valence-corrected chi connectivity index (χ1v) is 5.92. The van der Waals surface area contributed by atoms with Gasteiger partial charge < -0.3 is 15.2 Å². The molecule has 1 fully saturated rings. The Labute approximate surface area is 92.6 Å². The van der Waals surface area contributed by atoms with E-state index in [0.717, 1.165) is 39.1 Å². The molecule has 90 valence electrons. The number of ether oxygens (including phenoxy) is 1. The number of likely N-dealkylation sites (N-methyl/N-ethyl adjacent to an activating group) is 1. The fourth-order valence-electron chi connectivity index (χ4n) is 1.99. The number of rotatable bonds is 6. The van der Waals surface area contributed by atoms with Gasteiger partial charge >= 0.3 is 0 Å². The largest absolute Gasteiger partial charge is 0.396 e. The molecule has 0 aromatic heterocycles. The van der Waals surface area contributed by atoms with Crippen molar-refractivity contribution in [2.75, 3.05) is 39.9 Å². The number of aliphatic hydroxyl groups excluding tert-OH is 1. The van der Waals surface area contributed by atoms with Gasteiger partial charge in [0, 0.05) is 32.3 Å². The maximum Gasteiger partial charge on any atom is 0.0700 e. The van der Waals surface area contributed by atoms with E-state index in [1.54, 1.807) is 0 Å². The first-order valence-electron chi connectivity index (χ1n) is 5.92. The van der Waals surface area contributed by atoms with E-state index >= 15 is 0 Å². The van der Waals surface area contributed by atoms with Gasteiger partial charge in [-0.2, -0.15) is 0 Å². The van der Waals surface area contributed by atoms with Gasteiger partial charge in [-0.05, 0) is 19.9 Å². The molecule has 1 aliphatic rings. The van der Waals surface area contributed by atoms with Gasteiger partial charge in [-0.3, -0.25) is 4.90 Å². The molecule has 0 aromatic rings. The van der Waals surface area contributed by atoms with Gasteiger partial charge in [0.1, 0.15) is 0 Å². The Morgan fingerprint density at radius 3 is 3.00 bits per heavy atom. The Bertz CT molecular complexity index is 167. The fraction of sp³-hybridized carbons (Fsp3) is 1.00. The number of aliphatic hydroxyl groups is 1. The summed E-state index contributed by atoms with van der Waals surface area (Å²) in [7, 11) is 1.96. The molecule has 0 radical (unpaired) electrons. The van der Waals surface area contributed by atoms with Crippen LogP contribution in [-0.4, -0.2) is 62.0 Å². The van der Waals surface area contributed by atoms with Crippen LogP contribution in [0.5, 0.6) is 0 Å². The summed E-state index contributed by atoms with van der Waals surface area (Å²) in [6.07, 6.45) is 2.30. The molecule has 0 amide bonds. The van der Waals surface area contributed by atoms with Gasteiger partial charge in [0.25, 0.3) is 0 Å². The van der Waals surface area contributed by atoms with Crippen molar-refractivity contribution >= 4 is 0 Å². The summed E-state index contributed by atoms with van der Waals surface area (Å²) in [5.41, 5.74) is 0. The first-order chi connectivity index (χ1) is 7.30. The van der Waals surface area contributed by atoms with E-state index in [9.17, 15) is 0 Å². The van der Waals surface area contributed by atoms with Gasteiger partial charge in [0.2, 0.25) is 0 Å². The molecule has 15 heavy (non-hydrogen) atoms. The zero-order chi connectivity index (χ0) is 11.1. The highest BCUT2D eigenvalue weighted by atomic mass is 16.5. The van der Waals surface area contributed by atoms with E-state index in [0.29, 0.717) is 12.1 Å². The lowest BCUT2D eigenvalue weighted by Gasteiger charge is -2.34. The van der Waals surface area contributed by atoms with Gasteiger partial charge in [0.05, 0.1) is 12.7 Å². The smallest absolute Gasteiger partial charge is 0.0700 e. The average Bonchev–Trinajstić information content (AvgIpc) is 2.29. The molecule has 1 rings (SSSR count). The summed E-state index contributed by atoms with van der Waals surface area (Å²) in [5, 5.41) is 12.2. The second kappa shape index (κ2) is 7.17. The minimum atomic E-state index is 0.257. The van der Waals surface area contributed by atoms with Crippen molar-refractivity contribution in [1.82, 2.24) is 10.2 Å². The van der Waals surface area contributed by atoms with E-state index in [4.69, 9.17) is 9.84 Å². The van der Waals surface area contributed by atoms with Crippen molar-refractivity contribution in [3.63, 3.8) is 0 Å². The average molecular weight is 216 g/mol. The summed E-state index contributed by atoms with van der Waals surface area (Å²) < 4.78 is 5.62. The second-order valence-corrected chi connectivity index (χ2v) is 4.16. The van der Waals surface area contributed by atoms with E-state index in [1.165, 1.54) is 0 Å². The number of hydrogen-bond acceptors (Lipinski definition) is 4. The van der Waals surface area contributed by atoms with Crippen LogP contribution in [0.3, 0.4) is 0 Å². The van der Waals surface area contributed by atoms with Crippen molar-refractivity contribution in [2.45, 2.75) is 31.9 Å². The predicted octanol–water partition coefficient (Wildman–Crippen LogP) is 0.0676. The van der Waals surface area contributed by atoms with Gasteiger partial charge in [-0.25, -0.2) is 0 Å². The molecule has 4 heteroatoms. The van der Waals surface area contributed by atoms with Crippen molar-refractivity contribution in [3.05, 3.63) is 0 Å². The van der Waals surface area contributed by atoms with Crippen LogP contribution in [-0.2, 0) is 4.74 Å². The number of nitrogens with zero attached hydrogens (tertiary/aromatic N) is 1. The lowest BCUT2D eigenvalue weighted by molar-refractivity contribution is -0.0325. The Morgan fingerprint density at radius 1 is 1.60 bits per heavy atom. The van der Waals surface area contributed by atoms with E-state index in [-0.39, 0.29) is 6.61 Å². The van der Waals surface area contributed by atoms with Crippen LogP contribution < -0.4 is 5.32 Å². The summed E-state index contributed by atoms with van der Waals surface area (Å²) in [5.74, 6) is 0. The Hall–Kier alpha value is -0.160. The van der Waals surface area contributed by atoms with Gasteiger partial charge in [-0.1, -0.05) is 6.92 Å². The standard InChI is InChI=1S/C11H24N2O2/c1-3-11-9-13(5-7-15-11)8-10(12-2)4-6-14/h10-12,14H,3-9H2,1-2H3. The Balaban J connectivity index is 2.29. The molecule has 0 aliphatic carbocycles. The quantitative estimate of drug-likeness (QED) is 0.659. The maximum atomic E-state index is 8.91. The molecule has 0 saturated carbocycles. The minimum Gasteiger partial charge on any atom is -0.396 e. The lowest BCUT2D eigenvalue weighted by atomic mass is 10.1.